The van der Waals surface area contributed by atoms with Gasteiger partial charge in [0.25, 0.3) is 0 Å². The Morgan fingerprint density at radius 2 is 1.72 bits per heavy atom. The van der Waals surface area contributed by atoms with Crippen LogP contribution in [0.3, 0.4) is 0 Å². The van der Waals surface area contributed by atoms with Crippen LogP contribution in [-0.2, 0) is 0 Å². The number of aromatic nitrogens is 1. The lowest BCUT2D eigenvalue weighted by Crippen LogP contribution is -2.03. The van der Waals surface area contributed by atoms with Crippen LogP contribution in [0.5, 0.6) is 0 Å². The second kappa shape index (κ2) is 5.27. The van der Waals surface area contributed by atoms with Crippen molar-refractivity contribution >= 4 is 23.2 Å². The van der Waals surface area contributed by atoms with E-state index in [1.165, 1.54) is 0 Å². The van der Waals surface area contributed by atoms with Crippen LogP contribution in [0.15, 0.2) is 30.3 Å². The molecular weight excluding hydrogens is 269 g/mol. The van der Waals surface area contributed by atoms with Crippen molar-refractivity contribution in [3.8, 4) is 0 Å². The van der Waals surface area contributed by atoms with Gasteiger partial charge in [-0.05, 0) is 37.6 Å². The van der Waals surface area contributed by atoms with Gasteiger partial charge >= 0.3 is 0 Å². The van der Waals surface area contributed by atoms with E-state index in [9.17, 15) is 5.11 Å². The third kappa shape index (κ3) is 2.66. The molecule has 1 aromatic heterocycles. The van der Waals surface area contributed by atoms with E-state index < -0.39 is 6.10 Å². The van der Waals surface area contributed by atoms with Crippen LogP contribution >= 0.6 is 23.2 Å². The summed E-state index contributed by atoms with van der Waals surface area (Å²) in [4.78, 5) is 4.28. The summed E-state index contributed by atoms with van der Waals surface area (Å²) in [5.41, 5.74) is 3.10. The number of rotatable bonds is 2. The van der Waals surface area contributed by atoms with Gasteiger partial charge in [-0.3, -0.25) is 4.98 Å². The smallest absolute Gasteiger partial charge is 0.106 e. The first-order valence-corrected chi connectivity index (χ1v) is 6.32. The van der Waals surface area contributed by atoms with Gasteiger partial charge in [0.15, 0.2) is 0 Å². The van der Waals surface area contributed by atoms with Gasteiger partial charge in [-0.1, -0.05) is 35.3 Å². The SMILES string of the molecule is Cc1cc(C(O)c2cccc(Cl)c2Cl)cc(C)n1. The van der Waals surface area contributed by atoms with Crippen LogP contribution < -0.4 is 0 Å². The lowest BCUT2D eigenvalue weighted by Gasteiger charge is -2.15. The Balaban J connectivity index is 2.47. The van der Waals surface area contributed by atoms with Crippen molar-refractivity contribution in [3.63, 3.8) is 0 Å². The highest BCUT2D eigenvalue weighted by molar-refractivity contribution is 6.42. The molecule has 2 aromatic rings. The zero-order valence-electron chi connectivity index (χ0n) is 10.1. The summed E-state index contributed by atoms with van der Waals surface area (Å²) in [7, 11) is 0. The lowest BCUT2D eigenvalue weighted by molar-refractivity contribution is 0.220. The molecule has 0 bridgehead atoms. The number of nitrogens with zero attached hydrogens (tertiary/aromatic N) is 1. The Hall–Kier alpha value is -1.09. The monoisotopic (exact) mass is 281 g/mol. The standard InChI is InChI=1S/C14H13Cl2NO/c1-8-6-10(7-9(2)17-8)14(18)11-4-3-5-12(15)13(11)16/h3-7,14,18H,1-2H3. The summed E-state index contributed by atoms with van der Waals surface area (Å²) in [5, 5.41) is 11.2. The molecule has 18 heavy (non-hydrogen) atoms. The van der Waals surface area contributed by atoms with E-state index in [2.05, 4.69) is 4.98 Å². The predicted octanol–water partition coefficient (Wildman–Crippen LogP) is 4.09. The van der Waals surface area contributed by atoms with E-state index >= 15 is 0 Å². The Labute approximate surface area is 116 Å². The van der Waals surface area contributed by atoms with E-state index in [0.29, 0.717) is 15.6 Å². The Morgan fingerprint density at radius 3 is 2.33 bits per heavy atom. The average molecular weight is 282 g/mol. The van der Waals surface area contributed by atoms with Gasteiger partial charge in [0, 0.05) is 17.0 Å². The Bertz CT molecular complexity index is 564. The number of hydrogen-bond donors (Lipinski definition) is 1. The molecule has 4 heteroatoms. The summed E-state index contributed by atoms with van der Waals surface area (Å²) in [6, 6.07) is 8.92. The van der Waals surface area contributed by atoms with E-state index in [0.717, 1.165) is 17.0 Å². The third-order valence-electron chi connectivity index (χ3n) is 2.70. The minimum Gasteiger partial charge on any atom is -0.384 e. The van der Waals surface area contributed by atoms with Gasteiger partial charge in [0.1, 0.15) is 6.10 Å². The van der Waals surface area contributed by atoms with Crippen molar-refractivity contribution in [3.05, 3.63) is 62.9 Å². The topological polar surface area (TPSA) is 33.1 Å². The van der Waals surface area contributed by atoms with Gasteiger partial charge in [-0.15, -0.1) is 0 Å². The fraction of sp³-hybridized carbons (Fsp3) is 0.214. The van der Waals surface area contributed by atoms with Gasteiger partial charge in [-0.25, -0.2) is 0 Å². The molecule has 0 aliphatic heterocycles. The summed E-state index contributed by atoms with van der Waals surface area (Å²) in [6.45, 7) is 3.78. The molecule has 94 valence electrons. The zero-order chi connectivity index (χ0) is 13.3. The van der Waals surface area contributed by atoms with E-state index in [-0.39, 0.29) is 0 Å². The maximum Gasteiger partial charge on any atom is 0.106 e. The summed E-state index contributed by atoms with van der Waals surface area (Å²) >= 11 is 12.1. The molecule has 0 amide bonds. The molecule has 2 rings (SSSR count). The van der Waals surface area contributed by atoms with Crippen molar-refractivity contribution in [1.82, 2.24) is 4.98 Å². The molecule has 0 spiro atoms. The molecule has 0 aliphatic rings. The number of aliphatic hydroxyl groups is 1. The maximum absolute atomic E-state index is 10.4. The Kier molecular flexibility index (Phi) is 3.91. The summed E-state index contributed by atoms with van der Waals surface area (Å²) in [6.07, 6.45) is -0.795. The molecule has 0 fully saturated rings. The minimum absolute atomic E-state index is 0.388. The van der Waals surface area contributed by atoms with E-state index in [4.69, 9.17) is 23.2 Å². The van der Waals surface area contributed by atoms with Crippen molar-refractivity contribution in [2.24, 2.45) is 0 Å². The molecule has 0 radical (unpaired) electrons. The summed E-state index contributed by atoms with van der Waals surface area (Å²) in [5.74, 6) is 0. The van der Waals surface area contributed by atoms with Crippen LogP contribution in [0.2, 0.25) is 10.0 Å². The number of pyridine rings is 1. The van der Waals surface area contributed by atoms with Crippen LogP contribution in [0.4, 0.5) is 0 Å². The normalized spacial score (nSPS) is 12.5. The predicted molar refractivity (Wildman–Crippen MR) is 74.2 cm³/mol. The number of benzene rings is 1. The molecule has 0 saturated heterocycles. The molecule has 0 saturated carbocycles. The highest BCUT2D eigenvalue weighted by Gasteiger charge is 2.16. The van der Waals surface area contributed by atoms with Gasteiger partial charge in [0.05, 0.1) is 10.0 Å². The molecular formula is C14H13Cl2NO. The van der Waals surface area contributed by atoms with Crippen LogP contribution in [0.25, 0.3) is 0 Å². The van der Waals surface area contributed by atoms with Gasteiger partial charge in [0.2, 0.25) is 0 Å². The Morgan fingerprint density at radius 1 is 1.11 bits per heavy atom. The maximum atomic E-state index is 10.4. The highest BCUT2D eigenvalue weighted by Crippen LogP contribution is 2.33. The number of aryl methyl sites for hydroxylation is 2. The number of halogens is 2. The molecule has 1 unspecified atom stereocenters. The number of hydrogen-bond acceptors (Lipinski definition) is 2. The van der Waals surface area contributed by atoms with Gasteiger partial charge < -0.3 is 5.11 Å². The molecule has 2 nitrogen and oxygen atoms in total. The third-order valence-corrected chi connectivity index (χ3v) is 3.53. The first-order valence-electron chi connectivity index (χ1n) is 5.56. The van der Waals surface area contributed by atoms with Crippen molar-refractivity contribution in [1.29, 1.82) is 0 Å². The van der Waals surface area contributed by atoms with E-state index in [1.807, 2.05) is 26.0 Å². The fourth-order valence-corrected chi connectivity index (χ4v) is 2.35. The van der Waals surface area contributed by atoms with Crippen LogP contribution in [0, 0.1) is 13.8 Å². The second-order valence-corrected chi connectivity index (χ2v) is 5.01. The average Bonchev–Trinajstić information content (AvgIpc) is 2.30. The highest BCUT2D eigenvalue weighted by atomic mass is 35.5. The number of aliphatic hydroxyl groups excluding tert-OH is 1. The largest absolute Gasteiger partial charge is 0.384 e. The molecule has 1 atom stereocenters. The zero-order valence-corrected chi connectivity index (χ0v) is 11.6. The first-order chi connectivity index (χ1) is 8.49. The van der Waals surface area contributed by atoms with Crippen molar-refractivity contribution in [2.45, 2.75) is 20.0 Å². The van der Waals surface area contributed by atoms with Crippen LogP contribution in [-0.4, -0.2) is 10.1 Å². The fourth-order valence-electron chi connectivity index (χ4n) is 1.94. The van der Waals surface area contributed by atoms with E-state index in [1.54, 1.807) is 18.2 Å². The lowest BCUT2D eigenvalue weighted by atomic mass is 10.0. The summed E-state index contributed by atoms with van der Waals surface area (Å²) < 4.78 is 0. The quantitative estimate of drug-likeness (QED) is 0.900. The second-order valence-electron chi connectivity index (χ2n) is 4.23. The van der Waals surface area contributed by atoms with Crippen molar-refractivity contribution < 1.29 is 5.11 Å². The van der Waals surface area contributed by atoms with Gasteiger partial charge in [-0.2, -0.15) is 0 Å². The van der Waals surface area contributed by atoms with Crippen molar-refractivity contribution in [2.75, 3.05) is 0 Å². The minimum atomic E-state index is -0.795. The van der Waals surface area contributed by atoms with Crippen LogP contribution in [0.1, 0.15) is 28.6 Å². The molecule has 0 aliphatic carbocycles. The molecule has 1 heterocycles. The molecule has 1 N–H and O–H groups in total. The first kappa shape index (κ1) is 13.3. The molecule has 1 aromatic carbocycles.